The number of ether oxygens (including phenoxy) is 4. The Kier molecular flexibility index (Phi) is 7.74. The molecule has 8 nitrogen and oxygen atoms in total. The average molecular weight is 373 g/mol. The maximum absolute atomic E-state index is 11.7. The van der Waals surface area contributed by atoms with Crippen LogP contribution in [0.2, 0.25) is 5.02 Å². The van der Waals surface area contributed by atoms with Crippen LogP contribution >= 0.6 is 11.6 Å². The van der Waals surface area contributed by atoms with E-state index in [2.05, 4.69) is 9.47 Å². The molecule has 0 aliphatic heterocycles. The Hall–Kier alpha value is -2.74. The minimum absolute atomic E-state index is 0.0424. The summed E-state index contributed by atoms with van der Waals surface area (Å²) in [5, 5.41) is 8.76. The molecule has 0 saturated heterocycles. The molecular formula is C16H17ClO8. The first kappa shape index (κ1) is 20.3. The largest absolute Gasteiger partial charge is 0.490 e. The van der Waals surface area contributed by atoms with Gasteiger partial charge in [0.2, 0.25) is 0 Å². The number of carboxylic acids is 1. The zero-order valence-electron chi connectivity index (χ0n) is 13.8. The van der Waals surface area contributed by atoms with Gasteiger partial charge in [-0.25, -0.2) is 14.4 Å². The predicted octanol–water partition coefficient (Wildman–Crippen LogP) is 1.93. The monoisotopic (exact) mass is 372 g/mol. The fourth-order valence-electron chi connectivity index (χ4n) is 1.80. The quantitative estimate of drug-likeness (QED) is 0.319. The van der Waals surface area contributed by atoms with Gasteiger partial charge in [0.25, 0.3) is 0 Å². The highest BCUT2D eigenvalue weighted by Crippen LogP contribution is 2.37. The first-order valence-electron chi connectivity index (χ1n) is 7.03. The molecule has 0 fully saturated rings. The summed E-state index contributed by atoms with van der Waals surface area (Å²) in [6.07, 6.45) is 1.22. The number of halogens is 1. The molecule has 1 rings (SSSR count). The smallest absolute Gasteiger partial charge is 0.345 e. The normalized spacial score (nSPS) is 9.76. The van der Waals surface area contributed by atoms with Crippen LogP contribution < -0.4 is 9.47 Å². The SMILES string of the molecule is CCOc1cc(C=C(C(=O)OC)C(=O)OC)cc(Cl)c1OCC(=O)O. The first-order chi connectivity index (χ1) is 11.8. The van der Waals surface area contributed by atoms with Crippen molar-refractivity contribution in [3.63, 3.8) is 0 Å². The Morgan fingerprint density at radius 3 is 2.20 bits per heavy atom. The summed E-state index contributed by atoms with van der Waals surface area (Å²) in [6, 6.07) is 2.82. The molecule has 0 heterocycles. The molecule has 1 aromatic carbocycles. The number of carbonyl (C=O) groups excluding carboxylic acids is 2. The number of hydrogen-bond donors (Lipinski definition) is 1. The molecular weight excluding hydrogens is 356 g/mol. The van der Waals surface area contributed by atoms with Gasteiger partial charge in [-0.15, -0.1) is 0 Å². The van der Waals surface area contributed by atoms with E-state index in [1.165, 1.54) is 18.2 Å². The zero-order valence-corrected chi connectivity index (χ0v) is 14.6. The van der Waals surface area contributed by atoms with Gasteiger partial charge in [-0.3, -0.25) is 0 Å². The Balaban J connectivity index is 3.36. The van der Waals surface area contributed by atoms with Crippen molar-refractivity contribution in [1.82, 2.24) is 0 Å². The molecule has 0 aliphatic rings. The molecule has 9 heteroatoms. The van der Waals surface area contributed by atoms with E-state index in [-0.39, 0.29) is 28.7 Å². The van der Waals surface area contributed by atoms with Gasteiger partial charge in [0.05, 0.1) is 25.8 Å². The summed E-state index contributed by atoms with van der Waals surface area (Å²) < 4.78 is 19.6. The molecule has 25 heavy (non-hydrogen) atoms. The fraction of sp³-hybridized carbons (Fsp3) is 0.312. The van der Waals surface area contributed by atoms with Crippen LogP contribution in [0, 0.1) is 0 Å². The van der Waals surface area contributed by atoms with Crippen LogP contribution in [-0.2, 0) is 23.9 Å². The molecule has 0 amide bonds. The standard InChI is InChI=1S/C16H17ClO8/c1-4-24-12-7-9(5-10(15(20)22-2)16(21)23-3)6-11(17)14(12)25-8-13(18)19/h5-7H,4,8H2,1-3H3,(H,18,19). The molecule has 0 radical (unpaired) electrons. The molecule has 0 aliphatic carbocycles. The number of rotatable bonds is 8. The van der Waals surface area contributed by atoms with Crippen molar-refractivity contribution in [2.75, 3.05) is 27.4 Å². The van der Waals surface area contributed by atoms with Gasteiger partial charge in [-0.2, -0.15) is 0 Å². The summed E-state index contributed by atoms with van der Waals surface area (Å²) >= 11 is 6.10. The Bertz CT molecular complexity index is 678. The van der Waals surface area contributed by atoms with Crippen molar-refractivity contribution in [3.05, 3.63) is 28.3 Å². The fourth-order valence-corrected chi connectivity index (χ4v) is 2.07. The van der Waals surface area contributed by atoms with Crippen molar-refractivity contribution in [3.8, 4) is 11.5 Å². The van der Waals surface area contributed by atoms with Crippen LogP contribution in [0.15, 0.2) is 17.7 Å². The van der Waals surface area contributed by atoms with E-state index in [1.807, 2.05) is 0 Å². The van der Waals surface area contributed by atoms with Crippen molar-refractivity contribution in [2.24, 2.45) is 0 Å². The van der Waals surface area contributed by atoms with Crippen molar-refractivity contribution < 1.29 is 38.4 Å². The van der Waals surface area contributed by atoms with Crippen molar-refractivity contribution in [2.45, 2.75) is 6.92 Å². The van der Waals surface area contributed by atoms with Crippen LogP contribution in [0.5, 0.6) is 11.5 Å². The maximum Gasteiger partial charge on any atom is 0.345 e. The van der Waals surface area contributed by atoms with E-state index in [4.69, 9.17) is 26.2 Å². The third-order valence-corrected chi connectivity index (χ3v) is 3.07. The highest BCUT2D eigenvalue weighted by atomic mass is 35.5. The third-order valence-electron chi connectivity index (χ3n) is 2.79. The molecule has 0 atom stereocenters. The summed E-state index contributed by atoms with van der Waals surface area (Å²) in [5.74, 6) is -2.74. The lowest BCUT2D eigenvalue weighted by molar-refractivity contribution is -0.144. The molecule has 0 spiro atoms. The molecule has 0 bridgehead atoms. The lowest BCUT2D eigenvalue weighted by Crippen LogP contribution is -2.15. The Morgan fingerprint density at radius 2 is 1.72 bits per heavy atom. The predicted molar refractivity (Wildman–Crippen MR) is 87.8 cm³/mol. The number of hydrogen-bond acceptors (Lipinski definition) is 7. The van der Waals surface area contributed by atoms with E-state index in [0.29, 0.717) is 5.56 Å². The molecule has 136 valence electrons. The summed E-state index contributed by atoms with van der Waals surface area (Å²) in [6.45, 7) is 1.37. The van der Waals surface area contributed by atoms with E-state index in [9.17, 15) is 14.4 Å². The maximum atomic E-state index is 11.7. The van der Waals surface area contributed by atoms with E-state index in [0.717, 1.165) is 14.2 Å². The second-order valence-electron chi connectivity index (χ2n) is 4.49. The molecule has 0 saturated carbocycles. The average Bonchev–Trinajstić information content (AvgIpc) is 2.57. The lowest BCUT2D eigenvalue weighted by Gasteiger charge is -2.13. The van der Waals surface area contributed by atoms with Crippen LogP contribution in [0.25, 0.3) is 6.08 Å². The van der Waals surface area contributed by atoms with Crippen molar-refractivity contribution in [1.29, 1.82) is 0 Å². The summed E-state index contributed by atoms with van der Waals surface area (Å²) in [4.78, 5) is 34.1. The van der Waals surface area contributed by atoms with Crippen LogP contribution in [0.4, 0.5) is 0 Å². The van der Waals surface area contributed by atoms with Gasteiger partial charge < -0.3 is 24.1 Å². The van der Waals surface area contributed by atoms with Crippen LogP contribution in [-0.4, -0.2) is 50.4 Å². The minimum atomic E-state index is -1.18. The van der Waals surface area contributed by atoms with Gasteiger partial charge in [0.1, 0.15) is 5.57 Å². The third kappa shape index (κ3) is 5.68. The second kappa shape index (κ2) is 9.53. The van der Waals surface area contributed by atoms with Crippen molar-refractivity contribution >= 4 is 35.6 Å². The molecule has 0 aromatic heterocycles. The first-order valence-corrected chi connectivity index (χ1v) is 7.41. The second-order valence-corrected chi connectivity index (χ2v) is 4.89. The summed E-state index contributed by atoms with van der Waals surface area (Å²) in [7, 11) is 2.25. The van der Waals surface area contributed by atoms with Crippen LogP contribution in [0.1, 0.15) is 12.5 Å². The summed E-state index contributed by atoms with van der Waals surface area (Å²) in [5.41, 5.74) is -0.00959. The Morgan fingerprint density at radius 1 is 1.12 bits per heavy atom. The molecule has 1 N–H and O–H groups in total. The van der Waals surface area contributed by atoms with E-state index in [1.54, 1.807) is 6.92 Å². The zero-order chi connectivity index (χ0) is 19.0. The van der Waals surface area contributed by atoms with Gasteiger partial charge >= 0.3 is 17.9 Å². The number of esters is 2. The number of benzene rings is 1. The number of methoxy groups -OCH3 is 2. The van der Waals surface area contributed by atoms with Gasteiger partial charge in [-0.1, -0.05) is 11.6 Å². The van der Waals surface area contributed by atoms with Crippen LogP contribution in [0.3, 0.4) is 0 Å². The number of aliphatic carboxylic acids is 1. The molecule has 0 unspecified atom stereocenters. The Labute approximate surface area is 148 Å². The number of carboxylic acid groups (broad SMARTS) is 1. The highest BCUT2D eigenvalue weighted by molar-refractivity contribution is 6.32. The topological polar surface area (TPSA) is 108 Å². The van der Waals surface area contributed by atoms with E-state index >= 15 is 0 Å². The van der Waals surface area contributed by atoms with Gasteiger partial charge in [0.15, 0.2) is 18.1 Å². The lowest BCUT2D eigenvalue weighted by atomic mass is 10.1. The van der Waals surface area contributed by atoms with Gasteiger partial charge in [-0.05, 0) is 30.7 Å². The number of carbonyl (C=O) groups is 3. The van der Waals surface area contributed by atoms with E-state index < -0.39 is 24.5 Å². The van der Waals surface area contributed by atoms with Gasteiger partial charge in [0, 0.05) is 0 Å². The highest BCUT2D eigenvalue weighted by Gasteiger charge is 2.21. The molecule has 1 aromatic rings. The minimum Gasteiger partial charge on any atom is -0.490 e.